The smallest absolute Gasteiger partial charge is 0.496 e. The fourth-order valence-electron chi connectivity index (χ4n) is 3.04. The van der Waals surface area contributed by atoms with Gasteiger partial charge in [0.05, 0.1) is 25.1 Å². The second-order valence-corrected chi connectivity index (χ2v) is 15.3. The lowest BCUT2D eigenvalue weighted by atomic mass is 10.0. The third-order valence-corrected chi connectivity index (χ3v) is 11.2. The van der Waals surface area contributed by atoms with Gasteiger partial charge in [-0.25, -0.2) is 4.98 Å². The van der Waals surface area contributed by atoms with Crippen LogP contribution in [0.2, 0.25) is 18.1 Å². The molecule has 34 heavy (non-hydrogen) atoms. The molecule has 0 aliphatic rings. The molecule has 2 aromatic rings. The van der Waals surface area contributed by atoms with E-state index in [0.717, 1.165) is 17.7 Å². The van der Waals surface area contributed by atoms with Gasteiger partial charge in [0.25, 0.3) is 0 Å². The van der Waals surface area contributed by atoms with Gasteiger partial charge < -0.3 is 19.2 Å². The summed E-state index contributed by atoms with van der Waals surface area (Å²) in [5.41, 5.74) is 2.82. The van der Waals surface area contributed by atoms with Crippen molar-refractivity contribution in [3.05, 3.63) is 34.4 Å². The molecule has 1 aromatic carbocycles. The minimum Gasteiger partial charge on any atom is -0.496 e. The first-order valence-corrected chi connectivity index (χ1v) is 14.8. The molecule has 0 bridgehead atoms. The third kappa shape index (κ3) is 7.36. The van der Waals surface area contributed by atoms with Crippen LogP contribution in [-0.2, 0) is 4.43 Å². The Morgan fingerprint density at radius 1 is 1.15 bits per heavy atom. The van der Waals surface area contributed by atoms with Crippen LogP contribution in [0.5, 0.6) is 11.5 Å². The van der Waals surface area contributed by atoms with E-state index >= 15 is 0 Å². The third-order valence-electron chi connectivity index (χ3n) is 6.13. The molecule has 5 nitrogen and oxygen atoms in total. The van der Waals surface area contributed by atoms with Crippen molar-refractivity contribution in [3.8, 4) is 22.8 Å². The van der Waals surface area contributed by atoms with E-state index in [1.165, 1.54) is 25.3 Å². The summed E-state index contributed by atoms with van der Waals surface area (Å²) in [6.45, 7) is 15.7. The van der Waals surface area contributed by atoms with Crippen molar-refractivity contribution in [2.24, 2.45) is 0 Å². The number of alkyl halides is 3. The molecule has 0 aliphatic carbocycles. The van der Waals surface area contributed by atoms with Crippen LogP contribution in [0.3, 0.4) is 0 Å². The average Bonchev–Trinajstić information content (AvgIpc) is 2.71. The van der Waals surface area contributed by atoms with Crippen LogP contribution in [0, 0.1) is 6.92 Å². The molecular weight excluding hydrogens is 529 g/mol. The van der Waals surface area contributed by atoms with Gasteiger partial charge in [-0.1, -0.05) is 27.7 Å². The number of hydrogen-bond acceptors (Lipinski definition) is 5. The van der Waals surface area contributed by atoms with Gasteiger partial charge in [-0.05, 0) is 71.2 Å². The highest BCUT2D eigenvalue weighted by Crippen LogP contribution is 2.39. The molecule has 1 atom stereocenters. The highest BCUT2D eigenvalue weighted by atomic mass is 79.9. The molecule has 0 spiro atoms. The van der Waals surface area contributed by atoms with Crippen molar-refractivity contribution in [1.82, 2.24) is 4.98 Å². The Kier molecular flexibility index (Phi) is 9.09. The zero-order chi connectivity index (χ0) is 25.9. The Morgan fingerprint density at radius 2 is 1.79 bits per heavy atom. The number of nitrogens with zero attached hydrogens (tertiary/aromatic N) is 1. The van der Waals surface area contributed by atoms with Crippen LogP contribution in [0.1, 0.15) is 39.7 Å². The summed E-state index contributed by atoms with van der Waals surface area (Å²) in [5, 5.41) is 3.65. The predicted molar refractivity (Wildman–Crippen MR) is 136 cm³/mol. The largest absolute Gasteiger partial charge is 0.573 e. The summed E-state index contributed by atoms with van der Waals surface area (Å²) in [4.78, 5) is 4.67. The van der Waals surface area contributed by atoms with E-state index in [-0.39, 0.29) is 22.6 Å². The van der Waals surface area contributed by atoms with Crippen molar-refractivity contribution in [2.75, 3.05) is 19.0 Å². The van der Waals surface area contributed by atoms with Gasteiger partial charge in [-0.3, -0.25) is 0 Å². The molecule has 0 radical (unpaired) electrons. The number of benzene rings is 1. The summed E-state index contributed by atoms with van der Waals surface area (Å²) in [5.74, 6) is -0.116. The molecule has 1 N–H and O–H groups in total. The SMILES string of the molecule is CC[C@@H](CO[Si](C)(C)C(C)(C)C)Nc1cc(C)c(-c2ccc(OC(F)(F)F)cc2OC)nc1Br. The highest BCUT2D eigenvalue weighted by molar-refractivity contribution is 9.10. The minimum absolute atomic E-state index is 0.103. The molecule has 0 aliphatic heterocycles. The number of hydrogen-bond donors (Lipinski definition) is 1. The maximum absolute atomic E-state index is 12.6. The summed E-state index contributed by atoms with van der Waals surface area (Å²) >= 11 is 3.54. The molecule has 10 heteroatoms. The molecule has 0 saturated heterocycles. The normalized spacial score (nSPS) is 13.5. The quantitative estimate of drug-likeness (QED) is 0.248. The van der Waals surface area contributed by atoms with Gasteiger partial charge in [0.2, 0.25) is 0 Å². The number of ether oxygens (including phenoxy) is 2. The molecule has 1 aromatic heterocycles. The minimum atomic E-state index is -4.78. The lowest BCUT2D eigenvalue weighted by Gasteiger charge is -2.37. The van der Waals surface area contributed by atoms with Gasteiger partial charge >= 0.3 is 6.36 Å². The van der Waals surface area contributed by atoms with E-state index in [4.69, 9.17) is 9.16 Å². The number of nitrogens with one attached hydrogen (secondary N) is 1. The number of pyridine rings is 1. The molecule has 190 valence electrons. The number of methoxy groups -OCH3 is 1. The second kappa shape index (κ2) is 10.9. The Labute approximate surface area is 209 Å². The molecule has 2 rings (SSSR count). The number of aromatic nitrogens is 1. The molecule has 0 unspecified atom stereocenters. The lowest BCUT2D eigenvalue weighted by molar-refractivity contribution is -0.274. The Balaban J connectivity index is 2.28. The van der Waals surface area contributed by atoms with E-state index in [1.807, 2.05) is 13.0 Å². The van der Waals surface area contributed by atoms with Crippen LogP contribution in [-0.4, -0.2) is 39.4 Å². The Bertz CT molecular complexity index is 995. The Morgan fingerprint density at radius 3 is 2.32 bits per heavy atom. The molecule has 0 amide bonds. The fraction of sp³-hybridized carbons (Fsp3) is 0.542. The maximum atomic E-state index is 12.6. The summed E-state index contributed by atoms with van der Waals surface area (Å²) in [6.07, 6.45) is -3.91. The standard InChI is InChI=1S/C24H34BrF3N2O3Si/c1-9-16(14-32-34(7,8)23(3,4)5)29-19-12-15(2)21(30-22(19)25)18-11-10-17(13-20(18)31-6)33-24(26,27)28/h10-13,16,29H,9,14H2,1-8H3/t16-/m0/s1. The summed E-state index contributed by atoms with van der Waals surface area (Å²) in [7, 11) is -0.477. The highest BCUT2D eigenvalue weighted by Gasteiger charge is 2.37. The molecule has 1 heterocycles. The average molecular weight is 564 g/mol. The number of rotatable bonds is 9. The van der Waals surface area contributed by atoms with Crippen molar-refractivity contribution in [3.63, 3.8) is 0 Å². The van der Waals surface area contributed by atoms with Crippen molar-refractivity contribution in [2.45, 2.75) is 71.6 Å². The molecule has 0 fully saturated rings. The molecular formula is C24H34BrF3N2O3Si. The monoisotopic (exact) mass is 562 g/mol. The van der Waals surface area contributed by atoms with Crippen molar-refractivity contribution >= 4 is 29.9 Å². The first kappa shape index (κ1) is 28.5. The van der Waals surface area contributed by atoms with Crippen LogP contribution < -0.4 is 14.8 Å². The van der Waals surface area contributed by atoms with Gasteiger partial charge in [0.15, 0.2) is 8.32 Å². The van der Waals surface area contributed by atoms with Gasteiger partial charge in [-0.2, -0.15) is 0 Å². The lowest BCUT2D eigenvalue weighted by Crippen LogP contribution is -2.43. The van der Waals surface area contributed by atoms with E-state index < -0.39 is 14.7 Å². The number of aryl methyl sites for hydroxylation is 1. The van der Waals surface area contributed by atoms with Gasteiger partial charge in [-0.15, -0.1) is 13.2 Å². The maximum Gasteiger partial charge on any atom is 0.573 e. The van der Waals surface area contributed by atoms with E-state index in [2.05, 4.69) is 71.8 Å². The van der Waals surface area contributed by atoms with E-state index in [1.54, 1.807) is 0 Å². The zero-order valence-corrected chi connectivity index (χ0v) is 23.6. The predicted octanol–water partition coefficient (Wildman–Crippen LogP) is 7.94. The Hall–Kier alpha value is -1.78. The molecule has 0 saturated carbocycles. The number of halogens is 4. The van der Waals surface area contributed by atoms with E-state index in [0.29, 0.717) is 22.5 Å². The van der Waals surface area contributed by atoms with Crippen LogP contribution in [0.15, 0.2) is 28.9 Å². The number of anilines is 1. The van der Waals surface area contributed by atoms with Crippen LogP contribution >= 0.6 is 15.9 Å². The first-order chi connectivity index (χ1) is 15.6. The van der Waals surface area contributed by atoms with Crippen LogP contribution in [0.4, 0.5) is 18.9 Å². The fourth-order valence-corrected chi connectivity index (χ4v) is 4.49. The van der Waals surface area contributed by atoms with Gasteiger partial charge in [0, 0.05) is 17.7 Å². The van der Waals surface area contributed by atoms with Crippen LogP contribution in [0.25, 0.3) is 11.3 Å². The van der Waals surface area contributed by atoms with Crippen molar-refractivity contribution in [1.29, 1.82) is 0 Å². The van der Waals surface area contributed by atoms with E-state index in [9.17, 15) is 13.2 Å². The van der Waals surface area contributed by atoms with Crippen molar-refractivity contribution < 1.29 is 27.1 Å². The zero-order valence-electron chi connectivity index (χ0n) is 21.0. The summed E-state index contributed by atoms with van der Waals surface area (Å²) < 4.78 is 54.0. The second-order valence-electron chi connectivity index (χ2n) is 9.72. The summed E-state index contributed by atoms with van der Waals surface area (Å²) in [6, 6.07) is 6.02. The first-order valence-electron chi connectivity index (χ1n) is 11.1. The topological polar surface area (TPSA) is 52.6 Å². The van der Waals surface area contributed by atoms with Gasteiger partial charge in [0.1, 0.15) is 16.1 Å².